The highest BCUT2D eigenvalue weighted by Gasteiger charge is 2.21. The molecule has 0 aliphatic carbocycles. The molecular formula is C12H13ClFN3S. The van der Waals surface area contributed by atoms with Crippen molar-refractivity contribution in [3.8, 4) is 0 Å². The molecule has 96 valence electrons. The van der Waals surface area contributed by atoms with E-state index in [4.69, 9.17) is 11.6 Å². The van der Waals surface area contributed by atoms with Crippen LogP contribution in [0.25, 0.3) is 0 Å². The van der Waals surface area contributed by atoms with E-state index in [0.29, 0.717) is 10.6 Å². The van der Waals surface area contributed by atoms with Gasteiger partial charge in [0, 0.05) is 10.6 Å². The van der Waals surface area contributed by atoms with Gasteiger partial charge in [0.05, 0.1) is 16.6 Å². The molecule has 0 radical (unpaired) electrons. The highest BCUT2D eigenvalue weighted by atomic mass is 35.5. The summed E-state index contributed by atoms with van der Waals surface area (Å²) in [6.45, 7) is 2.01. The molecule has 0 amide bonds. The fraction of sp³-hybridized carbons (Fsp3) is 0.333. The molecule has 2 aromatic rings. The predicted octanol–water partition coefficient (Wildman–Crippen LogP) is 3.20. The van der Waals surface area contributed by atoms with Crippen LogP contribution in [0, 0.1) is 5.82 Å². The summed E-state index contributed by atoms with van der Waals surface area (Å²) in [6.07, 6.45) is 0.777. The Labute approximate surface area is 114 Å². The van der Waals surface area contributed by atoms with Gasteiger partial charge in [0.2, 0.25) is 0 Å². The molecule has 1 aromatic heterocycles. The van der Waals surface area contributed by atoms with Crippen LogP contribution >= 0.6 is 23.1 Å². The number of benzene rings is 1. The second-order valence-corrected chi connectivity index (χ2v) is 5.05. The fourth-order valence-corrected chi connectivity index (χ4v) is 2.87. The molecule has 1 atom stereocenters. The molecule has 1 heterocycles. The molecule has 0 bridgehead atoms. The topological polar surface area (TPSA) is 37.8 Å². The highest BCUT2D eigenvalue weighted by molar-refractivity contribution is 7.05. The Balaban J connectivity index is 2.45. The van der Waals surface area contributed by atoms with Crippen LogP contribution in [0.4, 0.5) is 4.39 Å². The van der Waals surface area contributed by atoms with E-state index in [1.165, 1.54) is 17.6 Å². The summed E-state index contributed by atoms with van der Waals surface area (Å²) >= 11 is 7.06. The number of halogens is 2. The predicted molar refractivity (Wildman–Crippen MR) is 71.6 cm³/mol. The molecule has 0 aliphatic heterocycles. The lowest BCUT2D eigenvalue weighted by Crippen LogP contribution is -2.19. The molecule has 18 heavy (non-hydrogen) atoms. The van der Waals surface area contributed by atoms with Gasteiger partial charge in [-0.25, -0.2) is 4.39 Å². The van der Waals surface area contributed by atoms with Gasteiger partial charge in [-0.2, -0.15) is 0 Å². The van der Waals surface area contributed by atoms with Gasteiger partial charge in [-0.05, 0) is 37.1 Å². The molecule has 0 aliphatic rings. The summed E-state index contributed by atoms with van der Waals surface area (Å²) in [4.78, 5) is 0.946. The number of aryl methyl sites for hydroxylation is 1. The Kier molecular flexibility index (Phi) is 4.27. The van der Waals surface area contributed by atoms with E-state index in [2.05, 4.69) is 14.9 Å². The van der Waals surface area contributed by atoms with E-state index in [1.807, 2.05) is 6.92 Å². The second kappa shape index (κ2) is 5.73. The van der Waals surface area contributed by atoms with Crippen molar-refractivity contribution in [1.82, 2.24) is 14.9 Å². The largest absolute Gasteiger partial charge is 0.308 e. The zero-order chi connectivity index (χ0) is 13.1. The lowest BCUT2D eigenvalue weighted by atomic mass is 10.0. The molecular weight excluding hydrogens is 273 g/mol. The van der Waals surface area contributed by atoms with E-state index in [9.17, 15) is 4.39 Å². The molecule has 0 saturated heterocycles. The van der Waals surface area contributed by atoms with E-state index in [0.717, 1.165) is 17.0 Å². The summed E-state index contributed by atoms with van der Waals surface area (Å²) in [6, 6.07) is 4.46. The van der Waals surface area contributed by atoms with Gasteiger partial charge in [0.25, 0.3) is 0 Å². The van der Waals surface area contributed by atoms with Crippen molar-refractivity contribution in [3.05, 3.63) is 45.2 Å². The van der Waals surface area contributed by atoms with Gasteiger partial charge >= 0.3 is 0 Å². The van der Waals surface area contributed by atoms with E-state index in [1.54, 1.807) is 19.2 Å². The Bertz CT molecular complexity index is 544. The zero-order valence-corrected chi connectivity index (χ0v) is 11.6. The number of hydrogen-bond acceptors (Lipinski definition) is 4. The standard InChI is InChI=1S/C12H13ClFN3S/c1-3-10-12(18-17-16-10)11(15-2)8-5-4-7(13)6-9(8)14/h4-6,11,15H,3H2,1-2H3. The van der Waals surface area contributed by atoms with Crippen molar-refractivity contribution in [2.45, 2.75) is 19.4 Å². The average molecular weight is 286 g/mol. The van der Waals surface area contributed by atoms with Gasteiger partial charge in [0.15, 0.2) is 0 Å². The minimum Gasteiger partial charge on any atom is -0.308 e. The third-order valence-electron chi connectivity index (χ3n) is 2.74. The van der Waals surface area contributed by atoms with Gasteiger partial charge in [-0.15, -0.1) is 5.10 Å². The number of nitrogens with one attached hydrogen (secondary N) is 1. The van der Waals surface area contributed by atoms with Crippen molar-refractivity contribution in [2.75, 3.05) is 7.05 Å². The highest BCUT2D eigenvalue weighted by Crippen LogP contribution is 2.29. The van der Waals surface area contributed by atoms with Gasteiger partial charge in [-0.1, -0.05) is 29.1 Å². The first-order chi connectivity index (χ1) is 8.67. The third-order valence-corrected chi connectivity index (χ3v) is 3.81. The lowest BCUT2D eigenvalue weighted by Gasteiger charge is -2.16. The fourth-order valence-electron chi connectivity index (χ4n) is 1.84. The monoisotopic (exact) mass is 285 g/mol. The first kappa shape index (κ1) is 13.4. The SMILES string of the molecule is CCc1nnsc1C(NC)c1ccc(Cl)cc1F. The zero-order valence-electron chi connectivity index (χ0n) is 10.1. The average Bonchev–Trinajstić information content (AvgIpc) is 2.81. The molecule has 6 heteroatoms. The molecule has 1 unspecified atom stereocenters. The first-order valence-electron chi connectivity index (χ1n) is 5.60. The number of aromatic nitrogens is 2. The Morgan fingerprint density at radius 3 is 2.89 bits per heavy atom. The van der Waals surface area contributed by atoms with Crippen LogP contribution in [0.2, 0.25) is 5.02 Å². The van der Waals surface area contributed by atoms with Gasteiger partial charge in [-0.3, -0.25) is 0 Å². The minimum atomic E-state index is -0.322. The van der Waals surface area contributed by atoms with Gasteiger partial charge < -0.3 is 5.32 Å². The van der Waals surface area contributed by atoms with Crippen molar-refractivity contribution >= 4 is 23.1 Å². The number of nitrogens with zero attached hydrogens (tertiary/aromatic N) is 2. The Morgan fingerprint density at radius 2 is 2.28 bits per heavy atom. The van der Waals surface area contributed by atoms with Crippen molar-refractivity contribution in [2.24, 2.45) is 0 Å². The van der Waals surface area contributed by atoms with Crippen LogP contribution in [0.5, 0.6) is 0 Å². The van der Waals surface area contributed by atoms with Crippen LogP contribution in [0.3, 0.4) is 0 Å². The Morgan fingerprint density at radius 1 is 1.50 bits per heavy atom. The second-order valence-electron chi connectivity index (χ2n) is 3.82. The number of rotatable bonds is 4. The molecule has 2 rings (SSSR count). The lowest BCUT2D eigenvalue weighted by molar-refractivity contribution is 0.577. The maximum absolute atomic E-state index is 14.0. The molecule has 1 N–H and O–H groups in total. The van der Waals surface area contributed by atoms with Crippen LogP contribution in [0.15, 0.2) is 18.2 Å². The van der Waals surface area contributed by atoms with Crippen LogP contribution in [0.1, 0.15) is 29.1 Å². The van der Waals surface area contributed by atoms with E-state index < -0.39 is 0 Å². The smallest absolute Gasteiger partial charge is 0.129 e. The van der Waals surface area contributed by atoms with Gasteiger partial charge in [0.1, 0.15) is 5.82 Å². The van der Waals surface area contributed by atoms with Crippen molar-refractivity contribution in [1.29, 1.82) is 0 Å². The maximum atomic E-state index is 14.0. The first-order valence-corrected chi connectivity index (χ1v) is 6.75. The normalized spacial score (nSPS) is 12.7. The summed E-state index contributed by atoms with van der Waals surface area (Å²) in [7, 11) is 1.79. The van der Waals surface area contributed by atoms with Crippen LogP contribution in [-0.2, 0) is 6.42 Å². The van der Waals surface area contributed by atoms with E-state index in [-0.39, 0.29) is 11.9 Å². The van der Waals surface area contributed by atoms with Crippen LogP contribution < -0.4 is 5.32 Å². The molecule has 0 saturated carbocycles. The molecule has 3 nitrogen and oxygen atoms in total. The number of hydrogen-bond donors (Lipinski definition) is 1. The quantitative estimate of drug-likeness (QED) is 0.937. The van der Waals surface area contributed by atoms with Crippen molar-refractivity contribution < 1.29 is 4.39 Å². The molecule has 1 aromatic carbocycles. The van der Waals surface area contributed by atoms with E-state index >= 15 is 0 Å². The molecule has 0 spiro atoms. The summed E-state index contributed by atoms with van der Waals surface area (Å²) < 4.78 is 17.9. The summed E-state index contributed by atoms with van der Waals surface area (Å²) in [5.41, 5.74) is 1.45. The van der Waals surface area contributed by atoms with Crippen LogP contribution in [-0.4, -0.2) is 16.6 Å². The minimum absolute atomic E-state index is 0.239. The third kappa shape index (κ3) is 2.53. The summed E-state index contributed by atoms with van der Waals surface area (Å²) in [5.74, 6) is -0.322. The Hall–Kier alpha value is -1.04. The summed E-state index contributed by atoms with van der Waals surface area (Å²) in [5, 5.41) is 7.55. The molecule has 0 fully saturated rings. The maximum Gasteiger partial charge on any atom is 0.129 e. The van der Waals surface area contributed by atoms with Crippen molar-refractivity contribution in [3.63, 3.8) is 0 Å².